The number of nitrogens with one attached hydrogen (secondary N) is 2. The van der Waals surface area contributed by atoms with Crippen LogP contribution in [0.2, 0.25) is 0 Å². The third-order valence-electron chi connectivity index (χ3n) is 3.39. The third-order valence-corrected chi connectivity index (χ3v) is 3.39. The lowest BCUT2D eigenvalue weighted by molar-refractivity contribution is 0.102. The number of anilines is 3. The molecular formula is C19H12N6O. The van der Waals surface area contributed by atoms with Gasteiger partial charge in [-0.25, -0.2) is 9.97 Å². The van der Waals surface area contributed by atoms with Gasteiger partial charge in [0, 0.05) is 17.6 Å². The Bertz CT molecular complexity index is 1050. The van der Waals surface area contributed by atoms with E-state index in [1.807, 2.05) is 6.07 Å². The molecule has 0 aliphatic carbocycles. The van der Waals surface area contributed by atoms with E-state index in [-0.39, 0.29) is 11.6 Å². The molecule has 1 aromatic heterocycles. The normalized spacial score (nSPS) is 9.62. The average molecular weight is 340 g/mol. The van der Waals surface area contributed by atoms with Crippen LogP contribution < -0.4 is 10.6 Å². The van der Waals surface area contributed by atoms with Gasteiger partial charge in [0.05, 0.1) is 23.3 Å². The van der Waals surface area contributed by atoms with Crippen LogP contribution in [0.15, 0.2) is 60.8 Å². The molecule has 0 radical (unpaired) electrons. The fourth-order valence-electron chi connectivity index (χ4n) is 2.20. The first-order valence-electron chi connectivity index (χ1n) is 7.60. The maximum atomic E-state index is 12.4. The zero-order valence-corrected chi connectivity index (χ0v) is 13.5. The van der Waals surface area contributed by atoms with Crippen LogP contribution in [0.3, 0.4) is 0 Å². The smallest absolute Gasteiger partial charge is 0.274 e. The summed E-state index contributed by atoms with van der Waals surface area (Å²) in [7, 11) is 0. The Hall–Kier alpha value is -4.23. The van der Waals surface area contributed by atoms with Crippen molar-refractivity contribution in [1.29, 1.82) is 10.5 Å². The molecule has 0 saturated carbocycles. The van der Waals surface area contributed by atoms with Gasteiger partial charge >= 0.3 is 0 Å². The molecule has 7 nitrogen and oxygen atoms in total. The van der Waals surface area contributed by atoms with Gasteiger partial charge in [-0.05, 0) is 42.5 Å². The molecule has 26 heavy (non-hydrogen) atoms. The number of hydrogen-bond donors (Lipinski definition) is 2. The highest BCUT2D eigenvalue weighted by atomic mass is 16.1. The number of carbonyl (C=O) groups excluding carboxylic acids is 1. The highest BCUT2D eigenvalue weighted by molar-refractivity contribution is 6.03. The summed E-state index contributed by atoms with van der Waals surface area (Å²) in [6.45, 7) is 0. The van der Waals surface area contributed by atoms with Gasteiger partial charge in [-0.3, -0.25) is 4.79 Å². The van der Waals surface area contributed by atoms with E-state index < -0.39 is 5.91 Å². The van der Waals surface area contributed by atoms with Crippen molar-refractivity contribution in [2.24, 2.45) is 0 Å². The Labute approximate surface area is 149 Å². The first kappa shape index (κ1) is 16.6. The second-order valence-corrected chi connectivity index (χ2v) is 5.23. The Morgan fingerprint density at radius 3 is 2.27 bits per heavy atom. The molecule has 3 rings (SSSR count). The van der Waals surface area contributed by atoms with E-state index in [2.05, 4.69) is 26.7 Å². The second-order valence-electron chi connectivity index (χ2n) is 5.23. The summed E-state index contributed by atoms with van der Waals surface area (Å²) in [4.78, 5) is 20.6. The molecule has 0 atom stereocenters. The lowest BCUT2D eigenvalue weighted by atomic mass is 10.2. The minimum Gasteiger partial charge on any atom is -0.324 e. The van der Waals surface area contributed by atoms with Crippen LogP contribution in [0.1, 0.15) is 21.6 Å². The molecule has 2 N–H and O–H groups in total. The van der Waals surface area contributed by atoms with Crippen molar-refractivity contribution in [1.82, 2.24) is 9.97 Å². The first-order chi connectivity index (χ1) is 12.7. The number of rotatable bonds is 4. The van der Waals surface area contributed by atoms with Crippen LogP contribution in [0.25, 0.3) is 0 Å². The molecule has 2 aromatic carbocycles. The number of nitriles is 2. The molecule has 0 spiro atoms. The van der Waals surface area contributed by atoms with E-state index in [0.29, 0.717) is 22.5 Å². The maximum absolute atomic E-state index is 12.4. The summed E-state index contributed by atoms with van der Waals surface area (Å²) >= 11 is 0. The van der Waals surface area contributed by atoms with Crippen molar-refractivity contribution in [3.63, 3.8) is 0 Å². The van der Waals surface area contributed by atoms with E-state index in [4.69, 9.17) is 10.5 Å². The van der Waals surface area contributed by atoms with Crippen LogP contribution in [0.4, 0.5) is 17.3 Å². The fraction of sp³-hybridized carbons (Fsp3) is 0. The third kappa shape index (κ3) is 3.99. The summed E-state index contributed by atoms with van der Waals surface area (Å²) < 4.78 is 0. The summed E-state index contributed by atoms with van der Waals surface area (Å²) in [5, 5.41) is 23.5. The molecular weight excluding hydrogens is 328 g/mol. The van der Waals surface area contributed by atoms with Crippen LogP contribution in [0.5, 0.6) is 0 Å². The molecule has 124 valence electrons. The molecule has 0 unspecified atom stereocenters. The molecule has 3 aromatic rings. The summed E-state index contributed by atoms with van der Waals surface area (Å²) in [5.41, 5.74) is 2.26. The Morgan fingerprint density at radius 1 is 0.923 bits per heavy atom. The van der Waals surface area contributed by atoms with Crippen molar-refractivity contribution in [2.45, 2.75) is 0 Å². The van der Waals surface area contributed by atoms with Gasteiger partial charge in [-0.2, -0.15) is 10.5 Å². The molecule has 0 aliphatic rings. The molecule has 0 aliphatic heterocycles. The summed E-state index contributed by atoms with van der Waals surface area (Å²) in [5.74, 6) is -0.185. The second kappa shape index (κ2) is 7.56. The number of amides is 1. The molecule has 0 bridgehead atoms. The van der Waals surface area contributed by atoms with E-state index >= 15 is 0 Å². The van der Waals surface area contributed by atoms with Gasteiger partial charge in [-0.1, -0.05) is 12.1 Å². The van der Waals surface area contributed by atoms with Gasteiger partial charge in [0.1, 0.15) is 5.69 Å². The van der Waals surface area contributed by atoms with Crippen LogP contribution in [0, 0.1) is 22.7 Å². The Balaban J connectivity index is 1.77. The average Bonchev–Trinajstić information content (AvgIpc) is 2.68. The monoisotopic (exact) mass is 340 g/mol. The SMILES string of the molecule is N#Cc1cccc(NC(=O)c2ccnc(Nc3cccc(C#N)c3)n2)c1. The van der Waals surface area contributed by atoms with E-state index in [9.17, 15) is 4.79 Å². The van der Waals surface area contributed by atoms with Crippen molar-refractivity contribution in [2.75, 3.05) is 10.6 Å². The Morgan fingerprint density at radius 2 is 1.58 bits per heavy atom. The van der Waals surface area contributed by atoms with Crippen molar-refractivity contribution in [3.8, 4) is 12.1 Å². The molecule has 1 amide bonds. The minimum absolute atomic E-state index is 0.168. The van der Waals surface area contributed by atoms with Crippen LogP contribution in [-0.4, -0.2) is 15.9 Å². The minimum atomic E-state index is -0.420. The molecule has 7 heteroatoms. The first-order valence-corrected chi connectivity index (χ1v) is 7.60. The van der Waals surface area contributed by atoms with E-state index in [0.717, 1.165) is 0 Å². The van der Waals surface area contributed by atoms with Gasteiger partial charge < -0.3 is 10.6 Å². The zero-order valence-electron chi connectivity index (χ0n) is 13.5. The quantitative estimate of drug-likeness (QED) is 0.753. The summed E-state index contributed by atoms with van der Waals surface area (Å²) in [6.07, 6.45) is 1.46. The predicted octanol–water partition coefficient (Wildman–Crippen LogP) is 3.22. The number of hydrogen-bond acceptors (Lipinski definition) is 6. The van der Waals surface area contributed by atoms with E-state index in [1.54, 1.807) is 48.5 Å². The lowest BCUT2D eigenvalue weighted by Gasteiger charge is -2.08. The zero-order chi connectivity index (χ0) is 18.4. The highest BCUT2D eigenvalue weighted by Gasteiger charge is 2.10. The summed E-state index contributed by atoms with van der Waals surface area (Å²) in [6, 6.07) is 19.0. The van der Waals surface area contributed by atoms with Crippen LogP contribution in [-0.2, 0) is 0 Å². The molecule has 0 saturated heterocycles. The predicted molar refractivity (Wildman–Crippen MR) is 95.6 cm³/mol. The van der Waals surface area contributed by atoms with Crippen molar-refractivity contribution in [3.05, 3.63) is 77.6 Å². The maximum Gasteiger partial charge on any atom is 0.274 e. The van der Waals surface area contributed by atoms with Gasteiger partial charge in [0.15, 0.2) is 0 Å². The molecule has 1 heterocycles. The van der Waals surface area contributed by atoms with E-state index in [1.165, 1.54) is 12.3 Å². The topological polar surface area (TPSA) is 114 Å². The number of carbonyl (C=O) groups is 1. The lowest BCUT2D eigenvalue weighted by Crippen LogP contribution is -2.14. The van der Waals surface area contributed by atoms with Crippen LogP contribution >= 0.6 is 0 Å². The van der Waals surface area contributed by atoms with Gasteiger partial charge in [-0.15, -0.1) is 0 Å². The number of nitrogens with zero attached hydrogens (tertiary/aromatic N) is 4. The van der Waals surface area contributed by atoms with Crippen molar-refractivity contribution >= 4 is 23.2 Å². The van der Waals surface area contributed by atoms with Crippen molar-refractivity contribution < 1.29 is 4.79 Å². The standard InChI is InChI=1S/C19H12N6O/c20-11-13-3-1-5-15(9-13)23-18(26)17-7-8-22-19(25-17)24-16-6-2-4-14(10-16)12-21/h1-10H,(H,23,26)(H,22,24,25). The van der Waals surface area contributed by atoms with Gasteiger partial charge in [0.2, 0.25) is 5.95 Å². The highest BCUT2D eigenvalue weighted by Crippen LogP contribution is 2.15. The fourth-order valence-corrected chi connectivity index (χ4v) is 2.20. The molecule has 0 fully saturated rings. The van der Waals surface area contributed by atoms with Gasteiger partial charge in [0.25, 0.3) is 5.91 Å². The number of aromatic nitrogens is 2. The number of benzene rings is 2. The Kier molecular flexibility index (Phi) is 4.83. The largest absolute Gasteiger partial charge is 0.324 e.